The normalized spacial score (nSPS) is 21.8. The summed E-state index contributed by atoms with van der Waals surface area (Å²) in [5.74, 6) is 4.35. The molecule has 3 aliphatic rings. The summed E-state index contributed by atoms with van der Waals surface area (Å²) in [5.41, 5.74) is 0.980. The molecule has 2 fully saturated rings. The second kappa shape index (κ2) is 6.12. The average molecular weight is 376 g/mol. The second-order valence-corrected chi connectivity index (χ2v) is 8.14. The Balaban J connectivity index is 1.52. The molecule has 144 valence electrons. The topological polar surface area (TPSA) is 77.5 Å². The Kier molecular flexibility index (Phi) is 3.54. The summed E-state index contributed by atoms with van der Waals surface area (Å²) < 4.78 is 4.13. The highest BCUT2D eigenvalue weighted by Crippen LogP contribution is 2.43. The molecule has 3 aromatic rings. The Hall–Kier alpha value is -2.77. The van der Waals surface area contributed by atoms with Crippen LogP contribution in [0.15, 0.2) is 24.9 Å². The molecule has 0 spiro atoms. The number of rotatable bonds is 4. The summed E-state index contributed by atoms with van der Waals surface area (Å²) in [6.45, 7) is 2.22. The molecule has 2 aliphatic carbocycles. The van der Waals surface area contributed by atoms with Crippen LogP contribution in [0, 0.1) is 0 Å². The predicted molar refractivity (Wildman–Crippen MR) is 104 cm³/mol. The SMILES string of the molecule is CC[C@@H]1c2nncn2-c2cnc(-n3ccnc3C3CC3)nc2N1C1CCCC1. The molecule has 6 rings (SSSR count). The smallest absolute Gasteiger partial charge is 0.237 e. The predicted octanol–water partition coefficient (Wildman–Crippen LogP) is 3.33. The molecule has 28 heavy (non-hydrogen) atoms. The Morgan fingerprint density at radius 2 is 1.89 bits per heavy atom. The number of nitrogens with zero attached hydrogens (tertiary/aromatic N) is 8. The van der Waals surface area contributed by atoms with E-state index in [0.29, 0.717) is 17.9 Å². The molecule has 1 aliphatic heterocycles. The summed E-state index contributed by atoms with van der Waals surface area (Å²) in [6.07, 6.45) is 15.9. The fraction of sp³-hybridized carbons (Fsp3) is 0.550. The Morgan fingerprint density at radius 3 is 2.68 bits per heavy atom. The van der Waals surface area contributed by atoms with E-state index in [1.807, 2.05) is 18.6 Å². The molecular weight excluding hydrogens is 352 g/mol. The Morgan fingerprint density at radius 1 is 1.04 bits per heavy atom. The highest BCUT2D eigenvalue weighted by molar-refractivity contribution is 5.62. The number of imidazole rings is 1. The third kappa shape index (κ3) is 2.33. The minimum Gasteiger partial charge on any atom is -0.341 e. The van der Waals surface area contributed by atoms with Crippen LogP contribution in [0.25, 0.3) is 11.6 Å². The van der Waals surface area contributed by atoms with Crippen LogP contribution in [0.2, 0.25) is 0 Å². The molecule has 8 heteroatoms. The zero-order chi connectivity index (χ0) is 18.7. The minimum atomic E-state index is 0.200. The third-order valence-corrected chi connectivity index (χ3v) is 6.38. The molecule has 0 N–H and O–H groups in total. The summed E-state index contributed by atoms with van der Waals surface area (Å²) in [4.78, 5) is 16.9. The second-order valence-electron chi connectivity index (χ2n) is 8.14. The third-order valence-electron chi connectivity index (χ3n) is 6.38. The van der Waals surface area contributed by atoms with Gasteiger partial charge < -0.3 is 4.90 Å². The molecule has 0 radical (unpaired) electrons. The van der Waals surface area contributed by atoms with E-state index >= 15 is 0 Å². The van der Waals surface area contributed by atoms with Gasteiger partial charge in [0.05, 0.1) is 12.2 Å². The van der Waals surface area contributed by atoms with Gasteiger partial charge in [-0.3, -0.25) is 9.13 Å². The lowest BCUT2D eigenvalue weighted by Crippen LogP contribution is -2.42. The zero-order valence-corrected chi connectivity index (χ0v) is 16.1. The van der Waals surface area contributed by atoms with Crippen molar-refractivity contribution >= 4 is 5.82 Å². The van der Waals surface area contributed by atoms with Gasteiger partial charge in [0.25, 0.3) is 0 Å². The molecule has 0 bridgehead atoms. The lowest BCUT2D eigenvalue weighted by molar-refractivity contribution is 0.468. The van der Waals surface area contributed by atoms with Crippen molar-refractivity contribution < 1.29 is 0 Å². The van der Waals surface area contributed by atoms with E-state index in [-0.39, 0.29) is 6.04 Å². The van der Waals surface area contributed by atoms with Crippen molar-refractivity contribution in [2.45, 2.75) is 69.9 Å². The number of hydrogen-bond donors (Lipinski definition) is 0. The van der Waals surface area contributed by atoms with E-state index < -0.39 is 0 Å². The van der Waals surface area contributed by atoms with Gasteiger partial charge in [0, 0.05) is 24.4 Å². The van der Waals surface area contributed by atoms with E-state index in [0.717, 1.165) is 29.6 Å². The molecule has 8 nitrogen and oxygen atoms in total. The molecule has 4 heterocycles. The van der Waals surface area contributed by atoms with Crippen molar-refractivity contribution in [2.24, 2.45) is 0 Å². The van der Waals surface area contributed by atoms with E-state index in [4.69, 9.17) is 9.97 Å². The molecular formula is C20H24N8. The van der Waals surface area contributed by atoms with Gasteiger partial charge in [0.1, 0.15) is 17.8 Å². The first-order chi connectivity index (χ1) is 13.8. The van der Waals surface area contributed by atoms with Crippen molar-refractivity contribution in [3.8, 4) is 11.6 Å². The maximum Gasteiger partial charge on any atom is 0.237 e. The molecule has 0 unspecified atom stereocenters. The maximum atomic E-state index is 5.09. The van der Waals surface area contributed by atoms with Gasteiger partial charge in [0.15, 0.2) is 11.6 Å². The quantitative estimate of drug-likeness (QED) is 0.695. The molecule has 0 aromatic carbocycles. The standard InChI is InChI=1S/C20H24N8/c1-2-15-19-25-23-12-27(19)16-11-22-20(26-10-9-21-17(26)13-7-8-13)24-18(16)28(15)14-5-3-4-6-14/h9-15H,2-8H2,1H3/t15-/m1/s1. The first-order valence-electron chi connectivity index (χ1n) is 10.4. The number of anilines is 1. The summed E-state index contributed by atoms with van der Waals surface area (Å²) >= 11 is 0. The maximum absolute atomic E-state index is 5.09. The summed E-state index contributed by atoms with van der Waals surface area (Å²) in [5, 5.41) is 8.64. The average Bonchev–Trinajstić information content (AvgIpc) is 3.16. The first-order valence-corrected chi connectivity index (χ1v) is 10.4. The van der Waals surface area contributed by atoms with Crippen LogP contribution in [-0.4, -0.2) is 40.3 Å². The molecule has 3 aromatic heterocycles. The monoisotopic (exact) mass is 376 g/mol. The minimum absolute atomic E-state index is 0.200. The Labute approximate surface area is 163 Å². The summed E-state index contributed by atoms with van der Waals surface area (Å²) in [7, 11) is 0. The number of hydrogen-bond acceptors (Lipinski definition) is 6. The molecule has 0 saturated heterocycles. The van der Waals surface area contributed by atoms with E-state index in [1.54, 1.807) is 6.33 Å². The Bertz CT molecular complexity index is 1010. The first kappa shape index (κ1) is 16.2. The van der Waals surface area contributed by atoms with E-state index in [1.165, 1.54) is 38.5 Å². The molecule has 1 atom stereocenters. The fourth-order valence-corrected chi connectivity index (χ4v) is 4.88. The van der Waals surface area contributed by atoms with Crippen molar-refractivity contribution in [1.82, 2.24) is 34.3 Å². The van der Waals surface area contributed by atoms with Gasteiger partial charge in [-0.15, -0.1) is 10.2 Å². The van der Waals surface area contributed by atoms with E-state index in [9.17, 15) is 0 Å². The highest BCUT2D eigenvalue weighted by atomic mass is 15.4. The van der Waals surface area contributed by atoms with Crippen LogP contribution in [-0.2, 0) is 0 Å². The van der Waals surface area contributed by atoms with Gasteiger partial charge in [0.2, 0.25) is 5.95 Å². The largest absolute Gasteiger partial charge is 0.341 e. The van der Waals surface area contributed by atoms with Crippen LogP contribution in [0.1, 0.15) is 75.5 Å². The van der Waals surface area contributed by atoms with Gasteiger partial charge in [-0.05, 0) is 32.1 Å². The van der Waals surface area contributed by atoms with Crippen molar-refractivity contribution in [1.29, 1.82) is 0 Å². The number of aromatic nitrogens is 7. The number of fused-ring (bicyclic) bond motifs is 3. The van der Waals surface area contributed by atoms with Crippen LogP contribution >= 0.6 is 0 Å². The van der Waals surface area contributed by atoms with Crippen LogP contribution in [0.3, 0.4) is 0 Å². The van der Waals surface area contributed by atoms with Crippen molar-refractivity contribution in [2.75, 3.05) is 4.90 Å². The van der Waals surface area contributed by atoms with Gasteiger partial charge >= 0.3 is 0 Å². The lowest BCUT2D eigenvalue weighted by atomic mass is 10.0. The summed E-state index contributed by atoms with van der Waals surface area (Å²) in [6, 6.07) is 0.703. The highest BCUT2D eigenvalue weighted by Gasteiger charge is 2.39. The molecule has 0 amide bonds. The zero-order valence-electron chi connectivity index (χ0n) is 16.1. The van der Waals surface area contributed by atoms with Crippen molar-refractivity contribution in [3.05, 3.63) is 36.6 Å². The van der Waals surface area contributed by atoms with Crippen molar-refractivity contribution in [3.63, 3.8) is 0 Å². The van der Waals surface area contributed by atoms with E-state index in [2.05, 4.69) is 36.1 Å². The van der Waals surface area contributed by atoms with Gasteiger partial charge in [-0.25, -0.2) is 9.97 Å². The van der Waals surface area contributed by atoms with Crippen LogP contribution < -0.4 is 4.90 Å². The fourth-order valence-electron chi connectivity index (χ4n) is 4.88. The van der Waals surface area contributed by atoms with Crippen LogP contribution in [0.4, 0.5) is 5.82 Å². The van der Waals surface area contributed by atoms with Crippen LogP contribution in [0.5, 0.6) is 0 Å². The lowest BCUT2D eigenvalue weighted by Gasteiger charge is -2.40. The van der Waals surface area contributed by atoms with Gasteiger partial charge in [-0.1, -0.05) is 19.8 Å². The molecule has 2 saturated carbocycles. The van der Waals surface area contributed by atoms with Gasteiger partial charge in [-0.2, -0.15) is 4.98 Å².